The second-order valence-corrected chi connectivity index (χ2v) is 3.82. The number of amides is 1. The van der Waals surface area contributed by atoms with Gasteiger partial charge in [0.1, 0.15) is 5.69 Å². The number of pyridine rings is 1. The molecule has 0 aromatic carbocycles. The first-order valence-electron chi connectivity index (χ1n) is 4.95. The Morgan fingerprint density at radius 1 is 1.44 bits per heavy atom. The Bertz CT molecular complexity index is 400. The third-order valence-electron chi connectivity index (χ3n) is 2.55. The number of nitrogens with two attached hydrogens (primary N) is 1. The smallest absolute Gasteiger partial charge is 0.272 e. The molecule has 1 saturated heterocycles. The topological polar surface area (TPSA) is 99.7 Å². The lowest BCUT2D eigenvalue weighted by molar-refractivity contribution is 0.0572. The maximum Gasteiger partial charge on any atom is 0.272 e. The number of likely N-dealkylation sites (tertiary alicyclic amines) is 1. The molecule has 2 atom stereocenters. The lowest BCUT2D eigenvalue weighted by Gasteiger charge is -2.14. The van der Waals surface area contributed by atoms with Crippen LogP contribution in [0.2, 0.25) is 0 Å². The molecule has 2 unspecified atom stereocenters. The molecule has 0 spiro atoms. The van der Waals surface area contributed by atoms with Crippen LogP contribution in [0.1, 0.15) is 10.5 Å². The highest BCUT2D eigenvalue weighted by Crippen LogP contribution is 2.14. The van der Waals surface area contributed by atoms with Crippen molar-refractivity contribution in [2.75, 3.05) is 18.8 Å². The summed E-state index contributed by atoms with van der Waals surface area (Å²) in [6.45, 7) is 0.243. The van der Waals surface area contributed by atoms with E-state index in [0.717, 1.165) is 0 Å². The van der Waals surface area contributed by atoms with Crippen molar-refractivity contribution in [3.63, 3.8) is 0 Å². The van der Waals surface area contributed by atoms with Gasteiger partial charge in [-0.3, -0.25) is 9.78 Å². The largest absolute Gasteiger partial charge is 0.399 e. The third kappa shape index (κ3) is 1.98. The summed E-state index contributed by atoms with van der Waals surface area (Å²) in [6, 6.07) is 3.06. The summed E-state index contributed by atoms with van der Waals surface area (Å²) in [6.07, 6.45) is -0.319. The maximum absolute atomic E-state index is 11.9. The van der Waals surface area contributed by atoms with E-state index in [9.17, 15) is 15.0 Å². The number of rotatable bonds is 1. The van der Waals surface area contributed by atoms with Crippen molar-refractivity contribution in [1.82, 2.24) is 9.88 Å². The summed E-state index contributed by atoms with van der Waals surface area (Å²) < 4.78 is 0. The van der Waals surface area contributed by atoms with E-state index in [4.69, 9.17) is 5.73 Å². The van der Waals surface area contributed by atoms with Gasteiger partial charge < -0.3 is 20.8 Å². The number of hydrogen-bond donors (Lipinski definition) is 3. The predicted octanol–water partition coefficient (Wildman–Crippen LogP) is -1.16. The van der Waals surface area contributed by atoms with Crippen LogP contribution >= 0.6 is 0 Å². The molecule has 86 valence electrons. The van der Waals surface area contributed by atoms with E-state index in [1.54, 1.807) is 6.07 Å². The van der Waals surface area contributed by atoms with Gasteiger partial charge in [-0.1, -0.05) is 0 Å². The minimum absolute atomic E-state index is 0.122. The number of β-amino-alcohol motifs (C(OH)–C–C–N with tert-alkyl or cyclic N) is 2. The zero-order valence-corrected chi connectivity index (χ0v) is 8.58. The Morgan fingerprint density at radius 2 is 2.06 bits per heavy atom. The molecule has 16 heavy (non-hydrogen) atoms. The number of nitrogens with zero attached hydrogens (tertiary/aromatic N) is 2. The summed E-state index contributed by atoms with van der Waals surface area (Å²) >= 11 is 0. The van der Waals surface area contributed by atoms with Gasteiger partial charge in [-0.25, -0.2) is 0 Å². The number of aliphatic hydroxyl groups is 2. The summed E-state index contributed by atoms with van der Waals surface area (Å²) in [7, 11) is 0. The van der Waals surface area contributed by atoms with Crippen LogP contribution in [0.4, 0.5) is 5.69 Å². The van der Waals surface area contributed by atoms with Gasteiger partial charge in [-0.2, -0.15) is 0 Å². The second-order valence-electron chi connectivity index (χ2n) is 3.82. The van der Waals surface area contributed by atoms with E-state index >= 15 is 0 Å². The standard InChI is InChI=1S/C10H13N3O3/c11-6-1-2-12-7(3-6)10(16)13-4-8(14)9(15)5-13/h1-3,8-9,14-15H,4-5H2,(H2,11,12). The fourth-order valence-electron chi connectivity index (χ4n) is 1.66. The number of aliphatic hydroxyl groups excluding tert-OH is 2. The molecule has 0 radical (unpaired) electrons. The minimum atomic E-state index is -0.884. The van der Waals surface area contributed by atoms with Crippen LogP contribution in [0.5, 0.6) is 0 Å². The SMILES string of the molecule is Nc1ccnc(C(=O)N2CC(O)C(O)C2)c1. The number of carbonyl (C=O) groups is 1. The fourth-order valence-corrected chi connectivity index (χ4v) is 1.66. The molecule has 4 N–H and O–H groups in total. The van der Waals surface area contributed by atoms with Crippen LogP contribution in [-0.4, -0.2) is 51.3 Å². The second kappa shape index (κ2) is 4.07. The van der Waals surface area contributed by atoms with Gasteiger partial charge >= 0.3 is 0 Å². The summed E-state index contributed by atoms with van der Waals surface area (Å²) in [5.41, 5.74) is 6.22. The van der Waals surface area contributed by atoms with Gasteiger partial charge in [0.05, 0.1) is 12.2 Å². The Balaban J connectivity index is 2.14. The molecule has 1 aliphatic heterocycles. The van der Waals surface area contributed by atoms with E-state index in [0.29, 0.717) is 5.69 Å². The molecule has 1 aromatic rings. The van der Waals surface area contributed by atoms with Crippen molar-refractivity contribution in [3.05, 3.63) is 24.0 Å². The Kier molecular flexibility index (Phi) is 2.76. The van der Waals surface area contributed by atoms with E-state index in [1.165, 1.54) is 17.2 Å². The monoisotopic (exact) mass is 223 g/mol. The average molecular weight is 223 g/mol. The minimum Gasteiger partial charge on any atom is -0.399 e. The lowest BCUT2D eigenvalue weighted by atomic mass is 10.3. The highest BCUT2D eigenvalue weighted by molar-refractivity contribution is 5.93. The molecule has 0 saturated carbocycles. The van der Waals surface area contributed by atoms with Crippen LogP contribution in [0.25, 0.3) is 0 Å². The Labute approximate surface area is 92.3 Å². The molecule has 6 nitrogen and oxygen atoms in total. The van der Waals surface area contributed by atoms with Gasteiger partial charge in [-0.05, 0) is 12.1 Å². The zero-order chi connectivity index (χ0) is 11.7. The molecule has 1 fully saturated rings. The van der Waals surface area contributed by atoms with Crippen LogP contribution in [0.3, 0.4) is 0 Å². The van der Waals surface area contributed by atoms with E-state index in [1.807, 2.05) is 0 Å². The van der Waals surface area contributed by atoms with Crippen molar-refractivity contribution in [2.24, 2.45) is 0 Å². The number of aromatic nitrogens is 1. The van der Waals surface area contributed by atoms with E-state index < -0.39 is 12.2 Å². The first kappa shape index (κ1) is 10.8. The van der Waals surface area contributed by atoms with Crippen LogP contribution < -0.4 is 5.73 Å². The lowest BCUT2D eigenvalue weighted by Crippen LogP contribution is -2.30. The first-order chi connectivity index (χ1) is 7.58. The molecular weight excluding hydrogens is 210 g/mol. The summed E-state index contributed by atoms with van der Waals surface area (Å²) in [5.74, 6) is -0.331. The van der Waals surface area contributed by atoms with E-state index in [-0.39, 0.29) is 24.7 Å². The number of carbonyl (C=O) groups excluding carboxylic acids is 1. The van der Waals surface area contributed by atoms with E-state index in [2.05, 4.69) is 4.98 Å². The van der Waals surface area contributed by atoms with Crippen LogP contribution in [0.15, 0.2) is 18.3 Å². The molecule has 2 rings (SSSR count). The highest BCUT2D eigenvalue weighted by Gasteiger charge is 2.33. The first-order valence-corrected chi connectivity index (χ1v) is 4.95. The molecule has 1 amide bonds. The molecule has 1 aliphatic rings. The van der Waals surface area contributed by atoms with Gasteiger partial charge in [0.25, 0.3) is 5.91 Å². The highest BCUT2D eigenvalue weighted by atomic mass is 16.3. The molecule has 0 aliphatic carbocycles. The van der Waals surface area contributed by atoms with Crippen molar-refractivity contribution in [2.45, 2.75) is 12.2 Å². The number of hydrogen-bond acceptors (Lipinski definition) is 5. The summed E-state index contributed by atoms with van der Waals surface area (Å²) in [5, 5.41) is 18.7. The molecule has 0 bridgehead atoms. The Morgan fingerprint density at radius 3 is 2.62 bits per heavy atom. The Hall–Kier alpha value is -1.66. The number of nitrogen functional groups attached to an aromatic ring is 1. The van der Waals surface area contributed by atoms with Crippen molar-refractivity contribution in [3.8, 4) is 0 Å². The molecule has 1 aromatic heterocycles. The van der Waals surface area contributed by atoms with Gasteiger partial charge in [0.15, 0.2) is 0 Å². The fraction of sp³-hybridized carbons (Fsp3) is 0.400. The van der Waals surface area contributed by atoms with Crippen LogP contribution in [0, 0.1) is 0 Å². The van der Waals surface area contributed by atoms with Gasteiger partial charge in [-0.15, -0.1) is 0 Å². The predicted molar refractivity (Wildman–Crippen MR) is 56.6 cm³/mol. The van der Waals surface area contributed by atoms with Crippen molar-refractivity contribution >= 4 is 11.6 Å². The quantitative estimate of drug-likeness (QED) is 0.557. The van der Waals surface area contributed by atoms with Gasteiger partial charge in [0, 0.05) is 25.0 Å². The maximum atomic E-state index is 11.9. The summed E-state index contributed by atoms with van der Waals surface area (Å²) in [4.78, 5) is 17.1. The molecule has 6 heteroatoms. The number of anilines is 1. The van der Waals surface area contributed by atoms with Crippen LogP contribution in [-0.2, 0) is 0 Å². The average Bonchev–Trinajstić information content (AvgIpc) is 2.58. The van der Waals surface area contributed by atoms with Crippen molar-refractivity contribution < 1.29 is 15.0 Å². The zero-order valence-electron chi connectivity index (χ0n) is 8.58. The van der Waals surface area contributed by atoms with Gasteiger partial charge in [0.2, 0.25) is 0 Å². The normalized spacial score (nSPS) is 24.8. The van der Waals surface area contributed by atoms with Crippen molar-refractivity contribution in [1.29, 1.82) is 0 Å². The third-order valence-corrected chi connectivity index (χ3v) is 2.55. The molecular formula is C10H13N3O3. The molecule has 2 heterocycles.